The summed E-state index contributed by atoms with van der Waals surface area (Å²) in [5, 5.41) is 10.8. The third-order valence-electron chi connectivity index (χ3n) is 8.30. The molecule has 1 aromatic heterocycles. The molecule has 0 bridgehead atoms. The molecule has 166 valence electrons. The lowest BCUT2D eigenvalue weighted by Crippen LogP contribution is -2.35. The smallest absolute Gasteiger partial charge is 0.122 e. The van der Waals surface area contributed by atoms with Crippen molar-refractivity contribution in [1.82, 2.24) is 4.57 Å². The molecule has 0 saturated carbocycles. The monoisotopic (exact) mass is 449 g/mol. The van der Waals surface area contributed by atoms with Gasteiger partial charge in [-0.3, -0.25) is 5.41 Å². The van der Waals surface area contributed by atoms with Crippen molar-refractivity contribution in [3.63, 3.8) is 0 Å². The van der Waals surface area contributed by atoms with Gasteiger partial charge in [-0.25, -0.2) is 0 Å². The van der Waals surface area contributed by atoms with E-state index >= 15 is 0 Å². The van der Waals surface area contributed by atoms with Crippen LogP contribution in [-0.4, -0.2) is 10.4 Å². The van der Waals surface area contributed by atoms with Crippen LogP contribution in [-0.2, 0) is 5.41 Å². The summed E-state index contributed by atoms with van der Waals surface area (Å²) in [6, 6.07) is 30.8. The number of hydrogen-bond donors (Lipinski definition) is 2. The number of nitrogen functional groups attached to an aromatic ring is 1. The molecule has 3 nitrogen and oxygen atoms in total. The van der Waals surface area contributed by atoms with Gasteiger partial charge in [0.05, 0.1) is 22.1 Å². The molecule has 8 rings (SSSR count). The summed E-state index contributed by atoms with van der Waals surface area (Å²) in [6.07, 6.45) is 6.68. The van der Waals surface area contributed by atoms with Gasteiger partial charge in [0.2, 0.25) is 0 Å². The first-order valence-electron chi connectivity index (χ1n) is 12.2. The van der Waals surface area contributed by atoms with E-state index in [0.29, 0.717) is 0 Å². The SMILES string of the molecule is N=C(N)c1ccc2c(c1)C1(C3=C(C=CCC3)c3ccccc31)c1cccc3c4ccccc4n-2c13. The molecule has 2 heterocycles. The highest BCUT2D eigenvalue weighted by molar-refractivity contribution is 6.13. The van der Waals surface area contributed by atoms with E-state index in [0.717, 1.165) is 18.4 Å². The Morgan fingerprint density at radius 2 is 1.63 bits per heavy atom. The van der Waals surface area contributed by atoms with Crippen molar-refractivity contribution in [3.8, 4) is 5.69 Å². The van der Waals surface area contributed by atoms with E-state index in [4.69, 9.17) is 11.1 Å². The largest absolute Gasteiger partial charge is 0.384 e. The number of amidine groups is 1. The number of nitrogens with one attached hydrogen (secondary N) is 1. The van der Waals surface area contributed by atoms with E-state index in [1.807, 2.05) is 6.07 Å². The van der Waals surface area contributed by atoms with E-state index in [2.05, 4.69) is 95.6 Å². The second-order valence-corrected chi connectivity index (χ2v) is 9.83. The highest BCUT2D eigenvalue weighted by Gasteiger charge is 2.51. The molecular formula is C32H23N3. The standard InChI is InChI=1S/C32H23N3/c33-31(34)19-16-17-29-27(18-19)32(24-12-4-1-8-20(24)21-9-2-5-13-25(21)32)26-14-7-11-23-22-10-3-6-15-28(22)35(29)30(23)26/h1-4,6-12,14-18H,5,13H2,(H3,33,34). The lowest BCUT2D eigenvalue weighted by atomic mass is 9.63. The van der Waals surface area contributed by atoms with E-state index in [1.54, 1.807) is 0 Å². The van der Waals surface area contributed by atoms with E-state index in [1.165, 1.54) is 60.9 Å². The van der Waals surface area contributed by atoms with Crippen LogP contribution in [0, 0.1) is 5.41 Å². The Bertz CT molecular complexity index is 1830. The number of nitrogens with zero attached hydrogens (tertiary/aromatic N) is 1. The number of rotatable bonds is 1. The third-order valence-corrected chi connectivity index (χ3v) is 8.30. The maximum Gasteiger partial charge on any atom is 0.122 e. The van der Waals surface area contributed by atoms with E-state index in [-0.39, 0.29) is 5.84 Å². The van der Waals surface area contributed by atoms with Gasteiger partial charge in [0, 0.05) is 16.3 Å². The second-order valence-electron chi connectivity index (χ2n) is 9.83. The Morgan fingerprint density at radius 3 is 2.54 bits per heavy atom. The van der Waals surface area contributed by atoms with Gasteiger partial charge in [-0.1, -0.05) is 72.8 Å². The molecule has 1 atom stereocenters. The van der Waals surface area contributed by atoms with Crippen LogP contribution in [0.25, 0.3) is 33.1 Å². The van der Waals surface area contributed by atoms with Crippen LogP contribution >= 0.6 is 0 Å². The summed E-state index contributed by atoms with van der Waals surface area (Å²) in [6.45, 7) is 0. The van der Waals surface area contributed by atoms with Crippen LogP contribution < -0.4 is 5.73 Å². The van der Waals surface area contributed by atoms with Crippen molar-refractivity contribution in [2.24, 2.45) is 5.73 Å². The summed E-state index contributed by atoms with van der Waals surface area (Å²) in [7, 11) is 0. The van der Waals surface area contributed by atoms with Gasteiger partial charge < -0.3 is 10.3 Å². The molecule has 2 aliphatic carbocycles. The van der Waals surface area contributed by atoms with Crippen LogP contribution in [0.5, 0.6) is 0 Å². The molecule has 0 amide bonds. The average molecular weight is 450 g/mol. The van der Waals surface area contributed by atoms with Crippen molar-refractivity contribution < 1.29 is 0 Å². The summed E-state index contributed by atoms with van der Waals surface area (Å²) in [5.41, 5.74) is 18.1. The van der Waals surface area contributed by atoms with E-state index < -0.39 is 5.41 Å². The molecular weight excluding hydrogens is 426 g/mol. The maximum absolute atomic E-state index is 8.25. The first kappa shape index (κ1) is 19.0. The van der Waals surface area contributed by atoms with Crippen LogP contribution in [0.15, 0.2) is 103 Å². The molecule has 4 aromatic carbocycles. The predicted octanol–water partition coefficient (Wildman–Crippen LogP) is 6.83. The second kappa shape index (κ2) is 6.39. The van der Waals surface area contributed by atoms with Crippen LogP contribution in [0.3, 0.4) is 0 Å². The summed E-state index contributed by atoms with van der Waals surface area (Å²) in [5.74, 6) is 0.105. The molecule has 1 unspecified atom stereocenters. The quantitative estimate of drug-likeness (QED) is 0.214. The molecule has 35 heavy (non-hydrogen) atoms. The van der Waals surface area contributed by atoms with Gasteiger partial charge >= 0.3 is 0 Å². The van der Waals surface area contributed by atoms with Crippen molar-refractivity contribution in [2.75, 3.05) is 0 Å². The summed E-state index contributed by atoms with van der Waals surface area (Å²) >= 11 is 0. The predicted molar refractivity (Wildman–Crippen MR) is 143 cm³/mol. The Morgan fingerprint density at radius 1 is 0.829 bits per heavy atom. The number of hydrogen-bond acceptors (Lipinski definition) is 1. The van der Waals surface area contributed by atoms with Crippen LogP contribution in [0.4, 0.5) is 0 Å². The normalized spacial score (nSPS) is 19.3. The van der Waals surface area contributed by atoms with Crippen molar-refractivity contribution >= 4 is 33.2 Å². The maximum atomic E-state index is 8.25. The van der Waals surface area contributed by atoms with Crippen molar-refractivity contribution in [1.29, 1.82) is 5.41 Å². The number of allylic oxidation sites excluding steroid dienone is 4. The molecule has 3 N–H and O–H groups in total. The topological polar surface area (TPSA) is 54.8 Å². The molecule has 1 spiro atoms. The van der Waals surface area contributed by atoms with Gasteiger partial charge in [0.25, 0.3) is 0 Å². The molecule has 5 aromatic rings. The number of para-hydroxylation sites is 2. The number of aromatic nitrogens is 1. The minimum absolute atomic E-state index is 0.105. The molecule has 3 aliphatic rings. The van der Waals surface area contributed by atoms with Crippen LogP contribution in [0.1, 0.15) is 40.7 Å². The molecule has 0 saturated heterocycles. The minimum Gasteiger partial charge on any atom is -0.384 e. The lowest BCUT2D eigenvalue weighted by Gasteiger charge is -2.41. The molecule has 3 heteroatoms. The average Bonchev–Trinajstić information content (AvgIpc) is 3.39. The third kappa shape index (κ3) is 2.11. The Balaban J connectivity index is 1.67. The Labute approximate surface area is 203 Å². The summed E-state index contributed by atoms with van der Waals surface area (Å²) < 4.78 is 2.43. The molecule has 1 aliphatic heterocycles. The lowest BCUT2D eigenvalue weighted by molar-refractivity contribution is 0.684. The van der Waals surface area contributed by atoms with E-state index in [9.17, 15) is 0 Å². The van der Waals surface area contributed by atoms with Gasteiger partial charge in [0.15, 0.2) is 0 Å². The van der Waals surface area contributed by atoms with Crippen molar-refractivity contribution in [3.05, 3.63) is 130 Å². The fraction of sp³-hybridized carbons (Fsp3) is 0.0938. The van der Waals surface area contributed by atoms with Gasteiger partial charge in [0.1, 0.15) is 5.84 Å². The molecule has 0 radical (unpaired) electrons. The zero-order chi connectivity index (χ0) is 23.3. The van der Waals surface area contributed by atoms with Crippen molar-refractivity contribution in [2.45, 2.75) is 18.3 Å². The van der Waals surface area contributed by atoms with Gasteiger partial charge in [-0.05, 0) is 70.5 Å². The Kier molecular flexibility index (Phi) is 3.47. The minimum atomic E-state index is -0.401. The summed E-state index contributed by atoms with van der Waals surface area (Å²) in [4.78, 5) is 0. The molecule has 0 fully saturated rings. The van der Waals surface area contributed by atoms with Crippen LogP contribution in [0.2, 0.25) is 0 Å². The number of benzene rings is 4. The zero-order valence-corrected chi connectivity index (χ0v) is 19.2. The Hall–Kier alpha value is -4.37. The first-order chi connectivity index (χ1) is 17.2. The fourth-order valence-corrected chi connectivity index (χ4v) is 7.04. The number of fused-ring (bicyclic) bond motifs is 11. The number of nitrogens with two attached hydrogens (primary N) is 1. The van der Waals surface area contributed by atoms with Gasteiger partial charge in [-0.2, -0.15) is 0 Å². The fourth-order valence-electron chi connectivity index (χ4n) is 7.04. The zero-order valence-electron chi connectivity index (χ0n) is 19.2. The highest BCUT2D eigenvalue weighted by atomic mass is 15.0. The highest BCUT2D eigenvalue weighted by Crippen LogP contribution is 2.61. The first-order valence-corrected chi connectivity index (χ1v) is 12.2. The van der Waals surface area contributed by atoms with Gasteiger partial charge in [-0.15, -0.1) is 0 Å².